The lowest BCUT2D eigenvalue weighted by molar-refractivity contribution is 0.00578. The molecule has 4 nitrogen and oxygen atoms in total. The Kier molecular flexibility index (Phi) is 12.1. The minimum absolute atomic E-state index is 0.434. The van der Waals surface area contributed by atoms with Crippen molar-refractivity contribution in [1.82, 2.24) is 9.13 Å². The summed E-state index contributed by atoms with van der Waals surface area (Å²) in [5.74, 6) is 0. The fourth-order valence-electron chi connectivity index (χ4n) is 12.1. The van der Waals surface area contributed by atoms with Crippen LogP contribution in [0.3, 0.4) is 0 Å². The molecule has 0 aliphatic carbocycles. The van der Waals surface area contributed by atoms with E-state index in [1.165, 1.54) is 115 Å². The fraction of sp³-hybridized carbons (Fsp3) is 0.123. The van der Waals surface area contributed by atoms with Gasteiger partial charge in [-0.3, -0.25) is 0 Å². The second-order valence-electron chi connectivity index (χ2n) is 21.6. The molecule has 0 atom stereocenters. The molecule has 0 unspecified atom stereocenters. The molecule has 1 fully saturated rings. The summed E-state index contributed by atoms with van der Waals surface area (Å²) in [7, 11) is -0.478. The first-order chi connectivity index (χ1) is 38.1. The Morgan fingerprint density at radius 1 is 0.321 bits per heavy atom. The Bertz CT molecular complexity index is 4510. The molecule has 12 aromatic carbocycles. The zero-order valence-electron chi connectivity index (χ0n) is 45.4. The Balaban J connectivity index is 0.000000147. The van der Waals surface area contributed by atoms with Crippen molar-refractivity contribution in [3.8, 4) is 33.6 Å². The summed E-state index contributed by atoms with van der Waals surface area (Å²) in [6.07, 6.45) is 0. The van der Waals surface area contributed by atoms with Crippen LogP contribution in [0.4, 0.5) is 0 Å². The Labute approximate surface area is 456 Å². The highest BCUT2D eigenvalue weighted by Crippen LogP contribution is 2.42. The average Bonchev–Trinajstić information content (AvgIpc) is 4.19. The van der Waals surface area contributed by atoms with E-state index in [-0.39, 0.29) is 0 Å². The van der Waals surface area contributed by atoms with Gasteiger partial charge in [-0.15, -0.1) is 0 Å². The van der Waals surface area contributed by atoms with Gasteiger partial charge in [0.05, 0.1) is 33.3 Å². The number of nitrogens with zero attached hydrogens (tertiary/aromatic N) is 2. The van der Waals surface area contributed by atoms with Crippen LogP contribution in [0.1, 0.15) is 47.1 Å². The van der Waals surface area contributed by atoms with E-state index in [0.717, 1.165) is 16.7 Å². The van der Waals surface area contributed by atoms with Crippen LogP contribution in [0.2, 0.25) is 0 Å². The molecule has 78 heavy (non-hydrogen) atoms. The van der Waals surface area contributed by atoms with Gasteiger partial charge in [-0.05, 0) is 172 Å². The first kappa shape index (κ1) is 48.9. The molecule has 1 aliphatic rings. The number of fused-ring (bicyclic) bond motifs is 12. The maximum atomic E-state index is 6.61. The summed E-state index contributed by atoms with van der Waals surface area (Å²) >= 11 is 0. The van der Waals surface area contributed by atoms with Gasteiger partial charge in [-0.25, -0.2) is 0 Å². The number of hydrogen-bond donors (Lipinski definition) is 0. The molecule has 0 saturated carbocycles. The molecule has 14 aromatic rings. The molecule has 15 rings (SSSR count). The predicted octanol–water partition coefficient (Wildman–Crippen LogP) is 19.1. The first-order valence-electron chi connectivity index (χ1n) is 27.5. The second-order valence-corrected chi connectivity index (χ2v) is 21.6. The molecule has 0 N–H and O–H groups in total. The molecule has 5 heteroatoms. The van der Waals surface area contributed by atoms with Gasteiger partial charge < -0.3 is 18.4 Å². The van der Waals surface area contributed by atoms with Gasteiger partial charge in [0.2, 0.25) is 0 Å². The third kappa shape index (κ3) is 8.16. The molecular formula is C73H61BN2O2. The van der Waals surface area contributed by atoms with E-state index in [1.54, 1.807) is 0 Å². The third-order valence-electron chi connectivity index (χ3n) is 16.4. The number of para-hydroxylation sites is 4. The van der Waals surface area contributed by atoms with E-state index in [9.17, 15) is 0 Å². The van der Waals surface area contributed by atoms with Gasteiger partial charge in [-0.1, -0.05) is 196 Å². The molecule has 0 bridgehead atoms. The van der Waals surface area contributed by atoms with Crippen molar-refractivity contribution in [1.29, 1.82) is 0 Å². The average molecular weight is 1010 g/mol. The van der Waals surface area contributed by atoms with Gasteiger partial charge in [-0.2, -0.15) is 0 Å². The van der Waals surface area contributed by atoms with Crippen LogP contribution in [-0.4, -0.2) is 27.5 Å². The van der Waals surface area contributed by atoms with E-state index < -0.39 is 18.3 Å². The van der Waals surface area contributed by atoms with Gasteiger partial charge >= 0.3 is 7.12 Å². The summed E-state index contributed by atoms with van der Waals surface area (Å²) in [5, 5.41) is 15.2. The zero-order valence-corrected chi connectivity index (χ0v) is 45.4. The van der Waals surface area contributed by atoms with Crippen LogP contribution in [0.15, 0.2) is 243 Å². The lowest BCUT2D eigenvalue weighted by atomic mass is 9.77. The van der Waals surface area contributed by atoms with Crippen molar-refractivity contribution in [3.63, 3.8) is 0 Å². The molecular weight excluding hydrogens is 948 g/mol. The molecule has 378 valence electrons. The standard InChI is InChI=1S/C38H32BNO2.C33H23N.C2H6/c1-37(2)38(3,4)42-39(41-37)27-21-26(34-23-25-13-5-6-14-29(25)30-15-7-8-16-31(30)34)22-28(24-27)40-35-19-11-9-17-32(35)33-18-10-12-20-36(33)40;1-22-18-24(31-21-23-10-2-3-11-26(23)27-12-4-5-13-28(27)31)20-25(19-22)34-32-16-8-6-14-29(32)30-15-7-9-17-33(30)34;1-2/h5-24H,1-4H3;2-21H,1H3;1-2H3. The van der Waals surface area contributed by atoms with Crippen LogP contribution in [-0.2, 0) is 9.31 Å². The van der Waals surface area contributed by atoms with Gasteiger partial charge in [0, 0.05) is 32.9 Å². The summed E-state index contributed by atoms with van der Waals surface area (Å²) in [5.41, 5.74) is 13.4. The Morgan fingerprint density at radius 2 is 0.641 bits per heavy atom. The molecule has 0 radical (unpaired) electrons. The number of aryl methyl sites for hydroxylation is 1. The van der Waals surface area contributed by atoms with E-state index in [4.69, 9.17) is 9.31 Å². The van der Waals surface area contributed by atoms with Crippen LogP contribution in [0.25, 0.3) is 120 Å². The largest absolute Gasteiger partial charge is 0.494 e. The number of rotatable bonds is 5. The minimum atomic E-state index is -0.478. The van der Waals surface area contributed by atoms with Crippen molar-refractivity contribution in [2.24, 2.45) is 0 Å². The van der Waals surface area contributed by atoms with Gasteiger partial charge in [0.25, 0.3) is 0 Å². The summed E-state index contributed by atoms with van der Waals surface area (Å²) in [6, 6.07) is 88.0. The highest BCUT2D eigenvalue weighted by Gasteiger charge is 2.52. The highest BCUT2D eigenvalue weighted by atomic mass is 16.7. The van der Waals surface area contributed by atoms with E-state index in [1.807, 2.05) is 13.8 Å². The van der Waals surface area contributed by atoms with Crippen molar-refractivity contribution in [2.75, 3.05) is 0 Å². The Morgan fingerprint density at radius 3 is 1.05 bits per heavy atom. The van der Waals surface area contributed by atoms with Crippen molar-refractivity contribution < 1.29 is 9.31 Å². The maximum Gasteiger partial charge on any atom is 0.494 e. The molecule has 0 amide bonds. The predicted molar refractivity (Wildman–Crippen MR) is 334 cm³/mol. The maximum absolute atomic E-state index is 6.61. The molecule has 2 aromatic heterocycles. The monoisotopic (exact) mass is 1010 g/mol. The normalized spacial score (nSPS) is 13.9. The zero-order chi connectivity index (χ0) is 53.3. The van der Waals surface area contributed by atoms with E-state index in [0.29, 0.717) is 0 Å². The summed E-state index contributed by atoms with van der Waals surface area (Å²) in [6.45, 7) is 14.6. The van der Waals surface area contributed by atoms with Crippen LogP contribution in [0, 0.1) is 6.92 Å². The lowest BCUT2D eigenvalue weighted by Crippen LogP contribution is -2.41. The van der Waals surface area contributed by atoms with Gasteiger partial charge in [0.15, 0.2) is 0 Å². The minimum Gasteiger partial charge on any atom is -0.399 e. The Hall–Kier alpha value is -8.74. The van der Waals surface area contributed by atoms with Gasteiger partial charge in [0.1, 0.15) is 0 Å². The van der Waals surface area contributed by atoms with E-state index >= 15 is 0 Å². The number of hydrogen-bond acceptors (Lipinski definition) is 2. The molecule has 3 heterocycles. The molecule has 1 saturated heterocycles. The van der Waals surface area contributed by atoms with Crippen molar-refractivity contribution >= 4 is 99.3 Å². The lowest BCUT2D eigenvalue weighted by Gasteiger charge is -2.32. The third-order valence-corrected chi connectivity index (χ3v) is 16.4. The van der Waals surface area contributed by atoms with Crippen LogP contribution >= 0.6 is 0 Å². The molecule has 1 aliphatic heterocycles. The second kappa shape index (κ2) is 19.4. The van der Waals surface area contributed by atoms with Crippen LogP contribution in [0.5, 0.6) is 0 Å². The number of aromatic nitrogens is 2. The topological polar surface area (TPSA) is 28.3 Å². The number of benzene rings is 12. The van der Waals surface area contributed by atoms with Crippen molar-refractivity contribution in [2.45, 2.75) is 59.7 Å². The highest BCUT2D eigenvalue weighted by molar-refractivity contribution is 6.62. The quantitative estimate of drug-likeness (QED) is 0.127. The first-order valence-corrected chi connectivity index (χ1v) is 27.5. The summed E-state index contributed by atoms with van der Waals surface area (Å²) in [4.78, 5) is 0. The van der Waals surface area contributed by atoms with Crippen molar-refractivity contribution in [3.05, 3.63) is 248 Å². The summed E-state index contributed by atoms with van der Waals surface area (Å²) < 4.78 is 18.0. The fourth-order valence-corrected chi connectivity index (χ4v) is 12.1. The van der Waals surface area contributed by atoms with Crippen LogP contribution < -0.4 is 5.46 Å². The SMILES string of the molecule is CC.CC1(C)OB(c2cc(-c3cc4ccccc4c4ccccc34)cc(-n3c4ccccc4c4ccccc43)c2)OC1(C)C.Cc1cc(-c2cc3ccccc3c3ccccc23)cc(-n2c3ccccc3c3ccccc32)c1. The van der Waals surface area contributed by atoms with E-state index in [2.05, 4.69) is 286 Å². The smallest absolute Gasteiger partial charge is 0.399 e. The molecule has 0 spiro atoms.